The molecule has 0 aliphatic heterocycles. The Morgan fingerprint density at radius 1 is 1.30 bits per heavy atom. The fourth-order valence-electron chi connectivity index (χ4n) is 1.69. The lowest BCUT2D eigenvalue weighted by Crippen LogP contribution is -2.37. The van der Waals surface area contributed by atoms with Crippen LogP contribution in [0, 0.1) is 0 Å². The summed E-state index contributed by atoms with van der Waals surface area (Å²) in [5.41, 5.74) is 1.16. The highest BCUT2D eigenvalue weighted by atomic mass is 16.5. The highest BCUT2D eigenvalue weighted by Gasteiger charge is 2.04. The normalized spacial score (nSPS) is 11.9. The molecule has 0 fully saturated rings. The van der Waals surface area contributed by atoms with Gasteiger partial charge in [0.05, 0.1) is 6.61 Å². The molecular weight excluding hydrogens is 252 g/mol. The predicted molar refractivity (Wildman–Crippen MR) is 82.1 cm³/mol. The van der Waals surface area contributed by atoms with Crippen LogP contribution in [0.5, 0.6) is 5.75 Å². The van der Waals surface area contributed by atoms with E-state index in [0.29, 0.717) is 19.0 Å². The lowest BCUT2D eigenvalue weighted by molar-refractivity contribution is -0.121. The van der Waals surface area contributed by atoms with Crippen LogP contribution >= 0.6 is 0 Å². The van der Waals surface area contributed by atoms with E-state index in [1.54, 1.807) is 0 Å². The maximum Gasteiger partial charge on any atom is 0.220 e. The van der Waals surface area contributed by atoms with E-state index < -0.39 is 0 Å². The quantitative estimate of drug-likeness (QED) is 0.727. The highest BCUT2D eigenvalue weighted by molar-refractivity contribution is 5.76. The van der Waals surface area contributed by atoms with Gasteiger partial charge in [-0.05, 0) is 44.5 Å². The van der Waals surface area contributed by atoms with Gasteiger partial charge in [-0.3, -0.25) is 4.79 Å². The third kappa shape index (κ3) is 6.57. The standard InChI is InChI=1S/C16H26N2O2/c1-4-11-20-15-8-5-14(6-9-15)7-10-16(19)18-12-13(2)17-3/h5-6,8-9,13,17H,4,7,10-12H2,1-3H3,(H,18,19). The Morgan fingerprint density at radius 2 is 2.00 bits per heavy atom. The number of nitrogens with one attached hydrogen (secondary N) is 2. The van der Waals surface area contributed by atoms with E-state index in [9.17, 15) is 4.79 Å². The van der Waals surface area contributed by atoms with Gasteiger partial charge < -0.3 is 15.4 Å². The van der Waals surface area contributed by atoms with Crippen molar-refractivity contribution >= 4 is 5.91 Å². The van der Waals surface area contributed by atoms with Crippen LogP contribution in [0.15, 0.2) is 24.3 Å². The first-order valence-corrected chi connectivity index (χ1v) is 7.31. The summed E-state index contributed by atoms with van der Waals surface area (Å²) in [6, 6.07) is 8.27. The molecule has 112 valence electrons. The van der Waals surface area contributed by atoms with E-state index in [0.717, 1.165) is 30.8 Å². The molecule has 2 N–H and O–H groups in total. The molecule has 0 aliphatic carbocycles. The molecule has 1 aromatic rings. The average Bonchev–Trinajstić information content (AvgIpc) is 2.49. The Hall–Kier alpha value is -1.55. The van der Waals surface area contributed by atoms with Gasteiger partial charge in [-0.15, -0.1) is 0 Å². The molecule has 0 saturated carbocycles. The van der Waals surface area contributed by atoms with Crippen LogP contribution in [0.25, 0.3) is 0 Å². The molecule has 1 aromatic carbocycles. The second kappa shape index (κ2) is 9.37. The topological polar surface area (TPSA) is 50.4 Å². The van der Waals surface area contributed by atoms with Gasteiger partial charge in [0.25, 0.3) is 0 Å². The lowest BCUT2D eigenvalue weighted by Gasteiger charge is -2.11. The van der Waals surface area contributed by atoms with Crippen LogP contribution < -0.4 is 15.4 Å². The maximum absolute atomic E-state index is 11.7. The second-order valence-corrected chi connectivity index (χ2v) is 4.99. The van der Waals surface area contributed by atoms with E-state index in [4.69, 9.17) is 4.74 Å². The molecule has 0 heterocycles. The number of ether oxygens (including phenoxy) is 1. The molecule has 1 amide bonds. The summed E-state index contributed by atoms with van der Waals surface area (Å²) in [6.07, 6.45) is 2.28. The molecule has 0 saturated heterocycles. The molecule has 0 bridgehead atoms. The van der Waals surface area contributed by atoms with Gasteiger partial charge in [0, 0.05) is 19.0 Å². The van der Waals surface area contributed by atoms with E-state index in [-0.39, 0.29) is 5.91 Å². The first-order valence-electron chi connectivity index (χ1n) is 7.31. The fourth-order valence-corrected chi connectivity index (χ4v) is 1.69. The zero-order chi connectivity index (χ0) is 14.8. The van der Waals surface area contributed by atoms with Gasteiger partial charge in [0.1, 0.15) is 5.75 Å². The lowest BCUT2D eigenvalue weighted by atomic mass is 10.1. The largest absolute Gasteiger partial charge is 0.494 e. The SMILES string of the molecule is CCCOc1ccc(CCC(=O)NCC(C)NC)cc1. The monoisotopic (exact) mass is 278 g/mol. The summed E-state index contributed by atoms with van der Waals surface area (Å²) in [7, 11) is 1.89. The first-order chi connectivity index (χ1) is 9.65. The number of aryl methyl sites for hydroxylation is 1. The van der Waals surface area contributed by atoms with Gasteiger partial charge in [0.2, 0.25) is 5.91 Å². The minimum atomic E-state index is 0.0957. The third-order valence-corrected chi connectivity index (χ3v) is 3.14. The Kier molecular flexibility index (Phi) is 7.73. The molecule has 1 atom stereocenters. The van der Waals surface area contributed by atoms with Crippen LogP contribution in [-0.4, -0.2) is 32.1 Å². The maximum atomic E-state index is 11.7. The molecule has 0 radical (unpaired) electrons. The van der Waals surface area contributed by atoms with Crippen molar-refractivity contribution in [1.29, 1.82) is 0 Å². The van der Waals surface area contributed by atoms with Gasteiger partial charge in [-0.2, -0.15) is 0 Å². The summed E-state index contributed by atoms with van der Waals surface area (Å²) >= 11 is 0. The number of carbonyl (C=O) groups excluding carboxylic acids is 1. The van der Waals surface area contributed by atoms with Gasteiger partial charge in [-0.25, -0.2) is 0 Å². The fraction of sp³-hybridized carbons (Fsp3) is 0.562. The van der Waals surface area contributed by atoms with E-state index >= 15 is 0 Å². The van der Waals surface area contributed by atoms with Crippen molar-refractivity contribution in [3.05, 3.63) is 29.8 Å². The van der Waals surface area contributed by atoms with E-state index in [1.165, 1.54) is 0 Å². The zero-order valence-corrected chi connectivity index (χ0v) is 12.7. The second-order valence-electron chi connectivity index (χ2n) is 4.99. The number of rotatable bonds is 9. The summed E-state index contributed by atoms with van der Waals surface area (Å²) in [5.74, 6) is 0.987. The third-order valence-electron chi connectivity index (χ3n) is 3.14. The number of hydrogen-bond donors (Lipinski definition) is 2. The minimum Gasteiger partial charge on any atom is -0.494 e. The molecular formula is C16H26N2O2. The molecule has 4 nitrogen and oxygen atoms in total. The molecule has 0 spiro atoms. The van der Waals surface area contributed by atoms with Crippen molar-refractivity contribution in [3.8, 4) is 5.75 Å². The van der Waals surface area contributed by atoms with Crippen molar-refractivity contribution in [3.63, 3.8) is 0 Å². The molecule has 1 unspecified atom stereocenters. The van der Waals surface area contributed by atoms with Crippen LogP contribution in [0.4, 0.5) is 0 Å². The summed E-state index contributed by atoms with van der Waals surface area (Å²) in [4.78, 5) is 11.7. The number of amides is 1. The highest BCUT2D eigenvalue weighted by Crippen LogP contribution is 2.13. The minimum absolute atomic E-state index is 0.0957. The average molecular weight is 278 g/mol. The Bertz CT molecular complexity index is 390. The van der Waals surface area contributed by atoms with Crippen molar-refractivity contribution in [2.24, 2.45) is 0 Å². The Labute approximate surface area is 121 Å². The van der Waals surface area contributed by atoms with Crippen LogP contribution in [0.2, 0.25) is 0 Å². The van der Waals surface area contributed by atoms with Crippen molar-refractivity contribution < 1.29 is 9.53 Å². The molecule has 0 aliphatic rings. The molecule has 4 heteroatoms. The van der Waals surface area contributed by atoms with E-state index in [1.807, 2.05) is 38.2 Å². The number of likely N-dealkylation sites (N-methyl/N-ethyl adjacent to an activating group) is 1. The first kappa shape index (κ1) is 16.5. The van der Waals surface area contributed by atoms with Crippen LogP contribution in [-0.2, 0) is 11.2 Å². The summed E-state index contributed by atoms with van der Waals surface area (Å²) < 4.78 is 5.53. The van der Waals surface area contributed by atoms with Crippen molar-refractivity contribution in [2.75, 3.05) is 20.2 Å². The number of hydrogen-bond acceptors (Lipinski definition) is 3. The van der Waals surface area contributed by atoms with Crippen LogP contribution in [0.1, 0.15) is 32.3 Å². The van der Waals surface area contributed by atoms with E-state index in [2.05, 4.69) is 17.6 Å². The smallest absolute Gasteiger partial charge is 0.220 e. The molecule has 0 aromatic heterocycles. The number of carbonyl (C=O) groups is 1. The molecule has 20 heavy (non-hydrogen) atoms. The summed E-state index contributed by atoms with van der Waals surface area (Å²) in [5, 5.41) is 6.01. The van der Waals surface area contributed by atoms with Gasteiger partial charge in [-0.1, -0.05) is 19.1 Å². The Balaban J connectivity index is 2.29. The van der Waals surface area contributed by atoms with Crippen molar-refractivity contribution in [1.82, 2.24) is 10.6 Å². The van der Waals surface area contributed by atoms with Crippen LogP contribution in [0.3, 0.4) is 0 Å². The van der Waals surface area contributed by atoms with Gasteiger partial charge in [0.15, 0.2) is 0 Å². The molecule has 1 rings (SSSR count). The number of benzene rings is 1. The Morgan fingerprint density at radius 3 is 2.60 bits per heavy atom. The zero-order valence-electron chi connectivity index (χ0n) is 12.7. The predicted octanol–water partition coefficient (Wildman–Crippen LogP) is 2.13. The van der Waals surface area contributed by atoms with Crippen molar-refractivity contribution in [2.45, 2.75) is 39.2 Å². The van der Waals surface area contributed by atoms with Gasteiger partial charge >= 0.3 is 0 Å². The summed E-state index contributed by atoms with van der Waals surface area (Å²) in [6.45, 7) is 5.53.